The predicted octanol–water partition coefficient (Wildman–Crippen LogP) is 1.23. The fraction of sp³-hybridized carbons (Fsp3) is 0.500. The molecule has 1 saturated heterocycles. The van der Waals surface area contributed by atoms with E-state index in [1.165, 1.54) is 0 Å². The Morgan fingerprint density at radius 1 is 1.20 bits per heavy atom. The summed E-state index contributed by atoms with van der Waals surface area (Å²) < 4.78 is 16.7. The number of anilines is 1. The van der Waals surface area contributed by atoms with Gasteiger partial charge in [-0.05, 0) is 25.0 Å². The highest BCUT2D eigenvalue weighted by molar-refractivity contribution is 14.0. The maximum absolute atomic E-state index is 11.1. The van der Waals surface area contributed by atoms with Crippen molar-refractivity contribution in [2.45, 2.75) is 31.5 Å². The average Bonchev–Trinajstić information content (AvgIpc) is 2.92. The van der Waals surface area contributed by atoms with E-state index in [1.54, 1.807) is 0 Å². The molecule has 0 radical (unpaired) electrons. The largest absolute Gasteiger partial charge is 0.490 e. The first-order chi connectivity index (χ1) is 11.6. The van der Waals surface area contributed by atoms with E-state index in [0.717, 1.165) is 24.3 Å². The Bertz CT molecular complexity index is 641. The lowest BCUT2D eigenvalue weighted by atomic mass is 10.2. The molecule has 2 heterocycles. The number of halogens is 1. The van der Waals surface area contributed by atoms with Crippen molar-refractivity contribution in [3.8, 4) is 11.5 Å². The van der Waals surface area contributed by atoms with Gasteiger partial charge in [-0.25, -0.2) is 0 Å². The van der Waals surface area contributed by atoms with Gasteiger partial charge in [-0.2, -0.15) is 0 Å². The molecule has 0 aliphatic carbocycles. The first-order valence-corrected chi connectivity index (χ1v) is 8.03. The number of primary amides is 1. The zero-order valence-electron chi connectivity index (χ0n) is 13.8. The minimum absolute atomic E-state index is 0. The maximum Gasteiger partial charge on any atom is 0.246 e. The summed E-state index contributed by atoms with van der Waals surface area (Å²) in [5.74, 6) is 1.26. The lowest BCUT2D eigenvalue weighted by molar-refractivity contribution is -0.128. The van der Waals surface area contributed by atoms with Gasteiger partial charge in [-0.1, -0.05) is 0 Å². The number of nitrogens with two attached hydrogens (primary N) is 2. The molecule has 1 aromatic carbocycles. The minimum Gasteiger partial charge on any atom is -0.490 e. The highest BCUT2D eigenvalue weighted by Gasteiger charge is 2.28. The molecule has 1 aromatic rings. The van der Waals surface area contributed by atoms with E-state index in [2.05, 4.69) is 10.3 Å². The SMILES string of the molecule is I.NC(=O)C1CCC(CN=C(N)Nc2ccc3c(c2)OCCCO3)O1. The van der Waals surface area contributed by atoms with Crippen LogP contribution < -0.4 is 26.3 Å². The Balaban J connectivity index is 0.00000225. The molecule has 2 aliphatic rings. The van der Waals surface area contributed by atoms with Crippen LogP contribution in [0.3, 0.4) is 0 Å². The Morgan fingerprint density at radius 3 is 2.68 bits per heavy atom. The molecule has 138 valence electrons. The van der Waals surface area contributed by atoms with Crippen LogP contribution in [-0.2, 0) is 9.53 Å². The third kappa shape index (κ3) is 5.36. The Hall–Kier alpha value is -1.75. The maximum atomic E-state index is 11.1. The van der Waals surface area contributed by atoms with Gasteiger partial charge < -0.3 is 31.0 Å². The van der Waals surface area contributed by atoms with E-state index in [0.29, 0.717) is 31.9 Å². The van der Waals surface area contributed by atoms with E-state index in [4.69, 9.17) is 25.7 Å². The second-order valence-corrected chi connectivity index (χ2v) is 5.79. The molecule has 8 nitrogen and oxygen atoms in total. The van der Waals surface area contributed by atoms with Crippen LogP contribution in [0, 0.1) is 0 Å². The number of guanidine groups is 1. The van der Waals surface area contributed by atoms with Crippen LogP contribution in [0.25, 0.3) is 0 Å². The molecule has 9 heteroatoms. The van der Waals surface area contributed by atoms with E-state index in [1.807, 2.05) is 18.2 Å². The van der Waals surface area contributed by atoms with Crippen LogP contribution >= 0.6 is 24.0 Å². The monoisotopic (exact) mass is 462 g/mol. The molecular formula is C16H23IN4O4. The van der Waals surface area contributed by atoms with E-state index >= 15 is 0 Å². The summed E-state index contributed by atoms with van der Waals surface area (Å²) in [6.45, 7) is 1.66. The summed E-state index contributed by atoms with van der Waals surface area (Å²) in [6.07, 6.45) is 1.58. The fourth-order valence-electron chi connectivity index (χ4n) is 2.68. The third-order valence-electron chi connectivity index (χ3n) is 3.91. The van der Waals surface area contributed by atoms with Crippen LogP contribution in [0.4, 0.5) is 5.69 Å². The molecule has 3 rings (SSSR count). The number of carbonyl (C=O) groups is 1. The van der Waals surface area contributed by atoms with E-state index < -0.39 is 12.0 Å². The highest BCUT2D eigenvalue weighted by atomic mass is 127. The van der Waals surface area contributed by atoms with Gasteiger partial charge in [0, 0.05) is 18.2 Å². The topological polar surface area (TPSA) is 121 Å². The molecule has 25 heavy (non-hydrogen) atoms. The normalized spacial score (nSPS) is 22.6. The molecule has 0 spiro atoms. The first kappa shape index (κ1) is 19.6. The molecule has 0 saturated carbocycles. The number of hydrogen-bond donors (Lipinski definition) is 3. The van der Waals surface area contributed by atoms with E-state index in [9.17, 15) is 4.79 Å². The summed E-state index contributed by atoms with van der Waals surface area (Å²) in [5.41, 5.74) is 11.9. The number of carbonyl (C=O) groups excluding carboxylic acids is 1. The van der Waals surface area contributed by atoms with Crippen molar-refractivity contribution in [1.29, 1.82) is 0 Å². The van der Waals surface area contributed by atoms with Crippen molar-refractivity contribution >= 4 is 41.5 Å². The fourth-order valence-corrected chi connectivity index (χ4v) is 2.68. The van der Waals surface area contributed by atoms with Crippen molar-refractivity contribution < 1.29 is 19.0 Å². The van der Waals surface area contributed by atoms with Gasteiger partial charge in [0.25, 0.3) is 0 Å². The number of nitrogens with one attached hydrogen (secondary N) is 1. The van der Waals surface area contributed by atoms with Gasteiger partial charge >= 0.3 is 0 Å². The molecule has 0 bridgehead atoms. The lowest BCUT2D eigenvalue weighted by Crippen LogP contribution is -2.29. The zero-order chi connectivity index (χ0) is 16.9. The summed E-state index contributed by atoms with van der Waals surface area (Å²) in [6, 6.07) is 5.52. The second-order valence-electron chi connectivity index (χ2n) is 5.79. The first-order valence-electron chi connectivity index (χ1n) is 8.03. The predicted molar refractivity (Wildman–Crippen MR) is 105 cm³/mol. The third-order valence-corrected chi connectivity index (χ3v) is 3.91. The summed E-state index contributed by atoms with van der Waals surface area (Å²) in [5, 5.41) is 3.02. The number of amides is 1. The number of nitrogens with zero attached hydrogens (tertiary/aromatic N) is 1. The van der Waals surface area contributed by atoms with Gasteiger partial charge in [-0.3, -0.25) is 9.79 Å². The standard InChI is InChI=1S/C16H22N4O4.HI/c17-15(21)13-5-3-11(24-13)9-19-16(18)20-10-2-4-12-14(8-10)23-7-1-6-22-12;/h2,4,8,11,13H,1,3,5-7,9H2,(H2,17,21)(H3,18,19,20);1H. The van der Waals surface area contributed by atoms with Crippen LogP contribution in [0.2, 0.25) is 0 Å². The van der Waals surface area contributed by atoms with Crippen molar-refractivity contribution in [1.82, 2.24) is 0 Å². The molecule has 2 atom stereocenters. The van der Waals surface area contributed by atoms with Crippen LogP contribution in [-0.4, -0.2) is 43.8 Å². The average molecular weight is 462 g/mol. The van der Waals surface area contributed by atoms with Gasteiger partial charge in [-0.15, -0.1) is 24.0 Å². The number of benzene rings is 1. The summed E-state index contributed by atoms with van der Waals surface area (Å²) >= 11 is 0. The number of fused-ring (bicyclic) bond motifs is 1. The quantitative estimate of drug-likeness (QED) is 0.352. The number of rotatable bonds is 4. The molecule has 2 aliphatic heterocycles. The molecule has 0 aromatic heterocycles. The molecule has 5 N–H and O–H groups in total. The van der Waals surface area contributed by atoms with Crippen LogP contribution in [0.15, 0.2) is 23.2 Å². The smallest absolute Gasteiger partial charge is 0.246 e. The van der Waals surface area contributed by atoms with Crippen LogP contribution in [0.5, 0.6) is 11.5 Å². The van der Waals surface area contributed by atoms with E-state index in [-0.39, 0.29) is 36.0 Å². The van der Waals surface area contributed by atoms with Gasteiger partial charge in [0.15, 0.2) is 17.5 Å². The van der Waals surface area contributed by atoms with Gasteiger partial charge in [0.2, 0.25) is 5.91 Å². The van der Waals surface area contributed by atoms with Crippen molar-refractivity contribution in [2.24, 2.45) is 16.5 Å². The zero-order valence-corrected chi connectivity index (χ0v) is 16.1. The van der Waals surface area contributed by atoms with Crippen LogP contribution in [0.1, 0.15) is 19.3 Å². The Morgan fingerprint density at radius 2 is 1.96 bits per heavy atom. The van der Waals surface area contributed by atoms with Crippen molar-refractivity contribution in [2.75, 3.05) is 25.1 Å². The summed E-state index contributed by atoms with van der Waals surface area (Å²) in [4.78, 5) is 15.3. The molecule has 1 fully saturated rings. The van der Waals surface area contributed by atoms with Gasteiger partial charge in [0.05, 0.1) is 25.9 Å². The Labute approximate surface area is 163 Å². The summed E-state index contributed by atoms with van der Waals surface area (Å²) in [7, 11) is 0. The van der Waals surface area contributed by atoms with Gasteiger partial charge in [0.1, 0.15) is 6.10 Å². The van der Waals surface area contributed by atoms with Crippen molar-refractivity contribution in [3.63, 3.8) is 0 Å². The molecule has 2 unspecified atom stereocenters. The lowest BCUT2D eigenvalue weighted by Gasteiger charge is -2.12. The molecular weight excluding hydrogens is 439 g/mol. The molecule has 1 amide bonds. The number of ether oxygens (including phenoxy) is 3. The Kier molecular flexibility index (Phi) is 7.12. The second kappa shape index (κ2) is 9.09. The highest BCUT2D eigenvalue weighted by Crippen LogP contribution is 2.32. The minimum atomic E-state index is -0.513. The number of hydrogen-bond acceptors (Lipinski definition) is 5. The van der Waals surface area contributed by atoms with Crippen molar-refractivity contribution in [3.05, 3.63) is 18.2 Å². The number of aliphatic imine (C=N–C) groups is 1.